The van der Waals surface area contributed by atoms with E-state index in [9.17, 15) is 14.4 Å². The van der Waals surface area contributed by atoms with Gasteiger partial charge in [-0.15, -0.1) is 0 Å². The van der Waals surface area contributed by atoms with Gasteiger partial charge in [-0.1, -0.05) is 30.3 Å². The molecule has 0 saturated carbocycles. The summed E-state index contributed by atoms with van der Waals surface area (Å²) in [5.74, 6) is -0.823. The Kier molecular flexibility index (Phi) is 7.37. The number of hydrogen-bond donors (Lipinski definition) is 3. The maximum absolute atomic E-state index is 12.4. The molecule has 0 atom stereocenters. The molecule has 0 saturated heterocycles. The molecule has 0 unspecified atom stereocenters. The van der Waals surface area contributed by atoms with Crippen molar-refractivity contribution in [2.24, 2.45) is 0 Å². The number of carbonyl (C=O) groups excluding carboxylic acids is 3. The highest BCUT2D eigenvalue weighted by Crippen LogP contribution is 2.18. The molecule has 0 aliphatic carbocycles. The summed E-state index contributed by atoms with van der Waals surface area (Å²) in [6.07, 6.45) is 0.829. The van der Waals surface area contributed by atoms with E-state index >= 15 is 0 Å². The minimum Gasteiger partial charge on any atom is -0.464 e. The smallest absolute Gasteiger partial charge is 0.407 e. The van der Waals surface area contributed by atoms with Gasteiger partial charge in [0, 0.05) is 23.9 Å². The van der Waals surface area contributed by atoms with Crippen molar-refractivity contribution in [2.75, 3.05) is 18.2 Å². The monoisotopic (exact) mass is 434 g/mol. The van der Waals surface area contributed by atoms with Crippen LogP contribution in [-0.2, 0) is 22.6 Å². The third-order valence-electron chi connectivity index (χ3n) is 4.45. The minimum atomic E-state index is -0.608. The normalized spacial score (nSPS) is 10.2. The summed E-state index contributed by atoms with van der Waals surface area (Å²) in [5, 5.41) is 5.39. The van der Waals surface area contributed by atoms with Crippen LogP contribution in [-0.4, -0.2) is 30.1 Å². The second-order valence-electron chi connectivity index (χ2n) is 6.71. The van der Waals surface area contributed by atoms with Gasteiger partial charge < -0.3 is 25.8 Å². The van der Waals surface area contributed by atoms with E-state index < -0.39 is 12.1 Å². The van der Waals surface area contributed by atoms with Crippen LogP contribution < -0.4 is 16.4 Å². The topological polar surface area (TPSA) is 133 Å². The highest BCUT2D eigenvalue weighted by molar-refractivity contribution is 6.05. The summed E-state index contributed by atoms with van der Waals surface area (Å²) in [7, 11) is 1.27. The number of anilines is 2. The molecule has 3 aromatic rings. The summed E-state index contributed by atoms with van der Waals surface area (Å²) in [6, 6.07) is 16.9. The van der Waals surface area contributed by atoms with Gasteiger partial charge in [-0.3, -0.25) is 4.79 Å². The van der Waals surface area contributed by atoms with Crippen molar-refractivity contribution in [3.63, 3.8) is 0 Å². The number of benzene rings is 2. The lowest BCUT2D eigenvalue weighted by atomic mass is 10.1. The van der Waals surface area contributed by atoms with Crippen molar-refractivity contribution in [1.82, 2.24) is 10.3 Å². The molecule has 4 N–H and O–H groups in total. The molecule has 3 rings (SSSR count). The zero-order valence-corrected chi connectivity index (χ0v) is 17.3. The number of nitrogens with one attached hydrogen (secondary N) is 2. The number of ether oxygens (including phenoxy) is 2. The van der Waals surface area contributed by atoms with Gasteiger partial charge in [0.25, 0.3) is 5.91 Å². The van der Waals surface area contributed by atoms with Gasteiger partial charge >= 0.3 is 12.1 Å². The third-order valence-corrected chi connectivity index (χ3v) is 4.45. The fraction of sp³-hybridized carbons (Fsp3) is 0.130. The molecule has 0 aliphatic rings. The fourth-order valence-electron chi connectivity index (χ4n) is 2.69. The largest absolute Gasteiger partial charge is 0.464 e. The van der Waals surface area contributed by atoms with Gasteiger partial charge in [0.15, 0.2) is 0 Å². The lowest BCUT2D eigenvalue weighted by Gasteiger charge is -2.09. The van der Waals surface area contributed by atoms with E-state index in [0.717, 1.165) is 5.56 Å². The number of nitrogens with zero attached hydrogens (tertiary/aromatic N) is 1. The first-order valence-electron chi connectivity index (χ1n) is 9.65. The van der Waals surface area contributed by atoms with E-state index in [2.05, 4.69) is 20.4 Å². The Morgan fingerprint density at radius 3 is 2.34 bits per heavy atom. The van der Waals surface area contributed by atoms with E-state index in [1.807, 2.05) is 0 Å². The number of methoxy groups -OCH3 is 1. The van der Waals surface area contributed by atoms with E-state index in [1.165, 1.54) is 19.4 Å². The van der Waals surface area contributed by atoms with E-state index in [1.54, 1.807) is 54.6 Å². The molecule has 0 radical (unpaired) electrons. The Labute approximate surface area is 184 Å². The van der Waals surface area contributed by atoms with Crippen LogP contribution in [0.15, 0.2) is 66.9 Å². The highest BCUT2D eigenvalue weighted by atomic mass is 16.5. The lowest BCUT2D eigenvalue weighted by molar-refractivity contribution is 0.0593. The van der Waals surface area contributed by atoms with Crippen LogP contribution >= 0.6 is 0 Å². The molecular formula is C23H22N4O5. The van der Waals surface area contributed by atoms with Gasteiger partial charge in [0.1, 0.15) is 12.3 Å². The molecule has 0 spiro atoms. The Morgan fingerprint density at radius 2 is 1.69 bits per heavy atom. The zero-order valence-electron chi connectivity index (χ0n) is 17.3. The summed E-state index contributed by atoms with van der Waals surface area (Å²) >= 11 is 0. The maximum atomic E-state index is 12.4. The van der Waals surface area contributed by atoms with Crippen molar-refractivity contribution < 1.29 is 23.9 Å². The number of hydrogen-bond acceptors (Lipinski definition) is 7. The van der Waals surface area contributed by atoms with Crippen LogP contribution in [0.4, 0.5) is 16.2 Å². The molecule has 2 amide bonds. The van der Waals surface area contributed by atoms with E-state index in [4.69, 9.17) is 10.5 Å². The summed E-state index contributed by atoms with van der Waals surface area (Å²) in [6.45, 7) is 0.230. The second kappa shape index (κ2) is 10.6. The standard InChI is InChI=1S/C23H22N4O5/c1-31-22(29)20-11-8-16(13-25-20)14-32-23(30)26-12-15-6-9-17(10-7-15)21(28)27-19-5-3-2-4-18(19)24/h2-11,13H,12,14,24H2,1H3,(H,26,30)(H,27,28). The van der Waals surface area contributed by atoms with Crippen LogP contribution in [0.1, 0.15) is 32.0 Å². The SMILES string of the molecule is COC(=O)c1ccc(COC(=O)NCc2ccc(C(=O)Nc3ccccc3N)cc2)cn1. The van der Waals surface area contributed by atoms with Gasteiger partial charge in [0.2, 0.25) is 0 Å². The molecule has 9 heteroatoms. The second-order valence-corrected chi connectivity index (χ2v) is 6.71. The Balaban J connectivity index is 1.45. The van der Waals surface area contributed by atoms with Crippen molar-refractivity contribution in [1.29, 1.82) is 0 Å². The molecule has 32 heavy (non-hydrogen) atoms. The predicted octanol–water partition coefficient (Wildman–Crippen LogP) is 3.13. The average molecular weight is 434 g/mol. The number of pyridine rings is 1. The molecule has 0 bridgehead atoms. The van der Waals surface area contributed by atoms with Crippen LogP contribution in [0.2, 0.25) is 0 Å². The van der Waals surface area contributed by atoms with Crippen molar-refractivity contribution >= 4 is 29.3 Å². The van der Waals surface area contributed by atoms with Crippen LogP contribution in [0.25, 0.3) is 0 Å². The first-order valence-corrected chi connectivity index (χ1v) is 9.65. The maximum Gasteiger partial charge on any atom is 0.407 e. The van der Waals surface area contributed by atoms with Crippen LogP contribution in [0.5, 0.6) is 0 Å². The molecule has 0 aliphatic heterocycles. The Bertz CT molecular complexity index is 1100. The van der Waals surface area contributed by atoms with Crippen molar-refractivity contribution in [2.45, 2.75) is 13.2 Å². The number of amides is 2. The zero-order chi connectivity index (χ0) is 22.9. The number of rotatable bonds is 7. The Hall–Kier alpha value is -4.40. The molecule has 1 heterocycles. The lowest BCUT2D eigenvalue weighted by Crippen LogP contribution is -2.23. The molecule has 164 valence electrons. The number of esters is 1. The average Bonchev–Trinajstić information content (AvgIpc) is 2.83. The quantitative estimate of drug-likeness (QED) is 0.384. The summed E-state index contributed by atoms with van der Waals surface area (Å²) in [4.78, 5) is 39.6. The molecule has 9 nitrogen and oxygen atoms in total. The number of para-hydroxylation sites is 2. The summed E-state index contributed by atoms with van der Waals surface area (Å²) in [5.41, 5.74) is 8.91. The number of aromatic nitrogens is 1. The van der Waals surface area contributed by atoms with Gasteiger partial charge in [0.05, 0.1) is 18.5 Å². The third kappa shape index (κ3) is 6.05. The molecule has 1 aromatic heterocycles. The highest BCUT2D eigenvalue weighted by Gasteiger charge is 2.10. The molecule has 2 aromatic carbocycles. The van der Waals surface area contributed by atoms with E-state index in [0.29, 0.717) is 22.5 Å². The fourth-order valence-corrected chi connectivity index (χ4v) is 2.69. The van der Waals surface area contributed by atoms with Crippen LogP contribution in [0.3, 0.4) is 0 Å². The van der Waals surface area contributed by atoms with Gasteiger partial charge in [-0.2, -0.15) is 0 Å². The van der Waals surface area contributed by atoms with Crippen molar-refractivity contribution in [3.8, 4) is 0 Å². The minimum absolute atomic E-state index is 0.00200. The van der Waals surface area contributed by atoms with E-state index in [-0.39, 0.29) is 24.8 Å². The Morgan fingerprint density at radius 1 is 0.969 bits per heavy atom. The number of nitrogens with two attached hydrogens (primary N) is 1. The number of alkyl carbamates (subject to hydrolysis) is 1. The van der Waals surface area contributed by atoms with Gasteiger partial charge in [-0.25, -0.2) is 14.6 Å². The number of carbonyl (C=O) groups is 3. The molecule has 0 fully saturated rings. The summed E-state index contributed by atoms with van der Waals surface area (Å²) < 4.78 is 9.71. The van der Waals surface area contributed by atoms with Gasteiger partial charge in [-0.05, 0) is 35.9 Å². The first kappa shape index (κ1) is 22.3. The predicted molar refractivity (Wildman–Crippen MR) is 118 cm³/mol. The number of nitrogen functional groups attached to an aromatic ring is 1. The van der Waals surface area contributed by atoms with Crippen LogP contribution in [0, 0.1) is 0 Å². The van der Waals surface area contributed by atoms with Crippen molar-refractivity contribution in [3.05, 3.63) is 89.2 Å². The first-order chi connectivity index (χ1) is 15.5. The molecular weight excluding hydrogens is 412 g/mol.